The smallest absolute Gasteiger partial charge is 0.135 e. The largest absolute Gasteiger partial charge is 0.330 e. The summed E-state index contributed by atoms with van der Waals surface area (Å²) in [5, 5.41) is 0. The third-order valence-electron chi connectivity index (χ3n) is 3.33. The number of para-hydroxylation sites is 1. The maximum absolute atomic E-state index is 5.58. The third-order valence-corrected chi connectivity index (χ3v) is 3.33. The van der Waals surface area contributed by atoms with Crippen molar-refractivity contribution < 1.29 is 0 Å². The number of nitrogens with zero attached hydrogens (tertiary/aromatic N) is 2. The zero-order chi connectivity index (χ0) is 13.8. The van der Waals surface area contributed by atoms with Crippen molar-refractivity contribution in [1.29, 1.82) is 0 Å². The Bertz CT molecular complexity index is 564. The van der Waals surface area contributed by atoms with Crippen molar-refractivity contribution >= 4 is 11.5 Å². The lowest BCUT2D eigenvalue weighted by Crippen LogP contribution is -2.14. The molecule has 0 aliphatic carbocycles. The van der Waals surface area contributed by atoms with E-state index in [-0.39, 0.29) is 0 Å². The van der Waals surface area contributed by atoms with Crippen LogP contribution in [0.5, 0.6) is 0 Å². The molecule has 1 heterocycles. The molecule has 0 saturated heterocycles. The van der Waals surface area contributed by atoms with E-state index in [9.17, 15) is 0 Å². The Morgan fingerprint density at radius 1 is 1.16 bits per heavy atom. The summed E-state index contributed by atoms with van der Waals surface area (Å²) in [7, 11) is 2.06. The van der Waals surface area contributed by atoms with E-state index in [4.69, 9.17) is 5.73 Å². The van der Waals surface area contributed by atoms with Crippen molar-refractivity contribution in [1.82, 2.24) is 4.98 Å². The van der Waals surface area contributed by atoms with Crippen LogP contribution in [-0.2, 0) is 6.42 Å². The molecule has 0 unspecified atom stereocenters. The SMILES string of the molecule is Cc1ccccc1N(C)c1ncc(CCN)cc1C. The average Bonchev–Trinajstić information content (AvgIpc) is 2.39. The predicted molar refractivity (Wildman–Crippen MR) is 81.0 cm³/mol. The molecule has 2 rings (SSSR count). The van der Waals surface area contributed by atoms with E-state index in [0.29, 0.717) is 6.54 Å². The molecule has 0 radical (unpaired) electrons. The van der Waals surface area contributed by atoms with Crippen LogP contribution in [0.1, 0.15) is 16.7 Å². The molecule has 19 heavy (non-hydrogen) atoms. The van der Waals surface area contributed by atoms with Crippen LogP contribution in [0, 0.1) is 13.8 Å². The Kier molecular flexibility index (Phi) is 4.17. The Morgan fingerprint density at radius 3 is 2.53 bits per heavy atom. The van der Waals surface area contributed by atoms with Crippen molar-refractivity contribution in [3.63, 3.8) is 0 Å². The van der Waals surface area contributed by atoms with Gasteiger partial charge in [0.05, 0.1) is 0 Å². The van der Waals surface area contributed by atoms with E-state index in [2.05, 4.69) is 61.1 Å². The summed E-state index contributed by atoms with van der Waals surface area (Å²) in [6.07, 6.45) is 2.80. The molecule has 3 heteroatoms. The number of nitrogens with two attached hydrogens (primary N) is 1. The van der Waals surface area contributed by atoms with Crippen molar-refractivity contribution in [3.05, 3.63) is 53.2 Å². The van der Waals surface area contributed by atoms with Crippen LogP contribution in [0.4, 0.5) is 11.5 Å². The highest BCUT2D eigenvalue weighted by Crippen LogP contribution is 2.27. The van der Waals surface area contributed by atoms with Crippen molar-refractivity contribution in [3.8, 4) is 0 Å². The summed E-state index contributed by atoms with van der Waals surface area (Å²) in [5.74, 6) is 0.995. The first-order chi connectivity index (χ1) is 9.13. The Hall–Kier alpha value is -1.87. The fourth-order valence-corrected chi connectivity index (χ4v) is 2.33. The van der Waals surface area contributed by atoms with Crippen LogP contribution >= 0.6 is 0 Å². The second kappa shape index (κ2) is 5.85. The Morgan fingerprint density at radius 2 is 1.89 bits per heavy atom. The van der Waals surface area contributed by atoms with E-state index in [1.54, 1.807) is 0 Å². The van der Waals surface area contributed by atoms with Crippen molar-refractivity contribution in [2.24, 2.45) is 5.73 Å². The van der Waals surface area contributed by atoms with Crippen LogP contribution in [0.25, 0.3) is 0 Å². The second-order valence-corrected chi connectivity index (χ2v) is 4.87. The summed E-state index contributed by atoms with van der Waals surface area (Å²) in [4.78, 5) is 6.72. The van der Waals surface area contributed by atoms with E-state index in [0.717, 1.165) is 12.2 Å². The zero-order valence-electron chi connectivity index (χ0n) is 11.9. The topological polar surface area (TPSA) is 42.2 Å². The highest BCUT2D eigenvalue weighted by Gasteiger charge is 2.10. The van der Waals surface area contributed by atoms with E-state index in [1.165, 1.54) is 22.4 Å². The molecule has 2 N–H and O–H groups in total. The first kappa shape index (κ1) is 13.6. The monoisotopic (exact) mass is 255 g/mol. The third kappa shape index (κ3) is 2.93. The molecule has 0 atom stereocenters. The van der Waals surface area contributed by atoms with Gasteiger partial charge in [0.2, 0.25) is 0 Å². The molecule has 0 aliphatic heterocycles. The maximum atomic E-state index is 5.58. The van der Waals surface area contributed by atoms with Gasteiger partial charge in [-0.3, -0.25) is 0 Å². The molecule has 0 spiro atoms. The highest BCUT2D eigenvalue weighted by atomic mass is 15.2. The molecule has 0 bridgehead atoms. The van der Waals surface area contributed by atoms with Gasteiger partial charge in [0, 0.05) is 18.9 Å². The normalized spacial score (nSPS) is 10.5. The summed E-state index contributed by atoms with van der Waals surface area (Å²) in [5.41, 5.74) is 10.4. The molecule has 0 aliphatic rings. The van der Waals surface area contributed by atoms with Crippen LogP contribution in [-0.4, -0.2) is 18.6 Å². The van der Waals surface area contributed by atoms with Gasteiger partial charge in [-0.15, -0.1) is 0 Å². The van der Waals surface area contributed by atoms with Crippen molar-refractivity contribution in [2.45, 2.75) is 20.3 Å². The van der Waals surface area contributed by atoms with Gasteiger partial charge in [0.15, 0.2) is 0 Å². The Labute approximate surface area is 115 Å². The van der Waals surface area contributed by atoms with E-state index in [1.807, 2.05) is 6.20 Å². The summed E-state index contributed by atoms with van der Waals surface area (Å²) < 4.78 is 0. The minimum atomic E-state index is 0.661. The first-order valence-corrected chi connectivity index (χ1v) is 6.58. The standard InChI is InChI=1S/C16H21N3/c1-12-6-4-5-7-15(12)19(3)16-13(2)10-14(8-9-17)11-18-16/h4-7,10-11H,8-9,17H2,1-3H3. The number of anilines is 2. The molecule has 1 aromatic heterocycles. The lowest BCUT2D eigenvalue weighted by Gasteiger charge is -2.22. The Balaban J connectivity index is 2.34. The lowest BCUT2D eigenvalue weighted by molar-refractivity contribution is 0.950. The molecule has 0 saturated carbocycles. The molecular formula is C16H21N3. The van der Waals surface area contributed by atoms with Crippen LogP contribution in [0.2, 0.25) is 0 Å². The van der Waals surface area contributed by atoms with Crippen LogP contribution in [0.3, 0.4) is 0 Å². The quantitative estimate of drug-likeness (QED) is 0.913. The minimum absolute atomic E-state index is 0.661. The highest BCUT2D eigenvalue weighted by molar-refractivity contribution is 5.65. The molecular weight excluding hydrogens is 234 g/mol. The van der Waals surface area contributed by atoms with Gasteiger partial charge in [-0.1, -0.05) is 24.3 Å². The van der Waals surface area contributed by atoms with E-state index >= 15 is 0 Å². The maximum Gasteiger partial charge on any atom is 0.135 e. The molecule has 100 valence electrons. The fraction of sp³-hybridized carbons (Fsp3) is 0.312. The number of hydrogen-bond donors (Lipinski definition) is 1. The molecule has 0 fully saturated rings. The summed E-state index contributed by atoms with van der Waals surface area (Å²) in [6, 6.07) is 10.5. The number of hydrogen-bond acceptors (Lipinski definition) is 3. The van der Waals surface area contributed by atoms with Gasteiger partial charge in [0.1, 0.15) is 5.82 Å². The predicted octanol–water partition coefficient (Wildman–Crippen LogP) is 2.97. The average molecular weight is 255 g/mol. The van der Waals surface area contributed by atoms with Gasteiger partial charge in [-0.2, -0.15) is 0 Å². The summed E-state index contributed by atoms with van der Waals surface area (Å²) >= 11 is 0. The number of aromatic nitrogens is 1. The molecule has 0 amide bonds. The molecule has 3 nitrogen and oxygen atoms in total. The van der Waals surface area contributed by atoms with Gasteiger partial charge < -0.3 is 10.6 Å². The van der Waals surface area contributed by atoms with E-state index < -0.39 is 0 Å². The summed E-state index contributed by atoms with van der Waals surface area (Å²) in [6.45, 7) is 4.87. The molecule has 1 aromatic carbocycles. The van der Waals surface area contributed by atoms with Gasteiger partial charge >= 0.3 is 0 Å². The minimum Gasteiger partial charge on any atom is -0.330 e. The van der Waals surface area contributed by atoms with Gasteiger partial charge in [0.25, 0.3) is 0 Å². The van der Waals surface area contributed by atoms with Gasteiger partial charge in [-0.25, -0.2) is 4.98 Å². The second-order valence-electron chi connectivity index (χ2n) is 4.87. The zero-order valence-corrected chi connectivity index (χ0v) is 11.9. The number of rotatable bonds is 4. The number of pyridine rings is 1. The fourth-order valence-electron chi connectivity index (χ4n) is 2.33. The lowest BCUT2D eigenvalue weighted by atomic mass is 10.1. The van der Waals surface area contributed by atoms with Crippen LogP contribution in [0.15, 0.2) is 36.5 Å². The number of aryl methyl sites for hydroxylation is 2. The van der Waals surface area contributed by atoms with Crippen molar-refractivity contribution in [2.75, 3.05) is 18.5 Å². The van der Waals surface area contributed by atoms with Gasteiger partial charge in [-0.05, 0) is 49.6 Å². The molecule has 2 aromatic rings. The first-order valence-electron chi connectivity index (χ1n) is 6.58. The van der Waals surface area contributed by atoms with Crippen LogP contribution < -0.4 is 10.6 Å². The number of benzene rings is 1.